The monoisotopic (exact) mass is 449 g/mol. The Morgan fingerprint density at radius 3 is 2.42 bits per heavy atom. The molecule has 1 aromatic carbocycles. The van der Waals surface area contributed by atoms with E-state index in [4.69, 9.17) is 9.47 Å². The number of rotatable bonds is 10. The van der Waals surface area contributed by atoms with Gasteiger partial charge in [0.15, 0.2) is 11.5 Å². The maximum atomic E-state index is 14.1. The van der Waals surface area contributed by atoms with Crippen LogP contribution < -0.4 is 14.8 Å². The van der Waals surface area contributed by atoms with Crippen molar-refractivity contribution in [1.82, 2.24) is 5.32 Å². The largest absolute Gasteiger partial charge is 0.493 e. The summed E-state index contributed by atoms with van der Waals surface area (Å²) in [6, 6.07) is 4.15. The van der Waals surface area contributed by atoms with Crippen molar-refractivity contribution in [3.63, 3.8) is 0 Å². The van der Waals surface area contributed by atoms with Crippen molar-refractivity contribution < 1.29 is 36.9 Å². The number of unbranched alkanes of at least 4 members (excludes halogenated alkanes) is 2. The van der Waals surface area contributed by atoms with Gasteiger partial charge in [-0.3, -0.25) is 4.79 Å². The molecule has 0 saturated heterocycles. The molecular weight excluding hydrogens is 418 g/mol. The van der Waals surface area contributed by atoms with Gasteiger partial charge >= 0.3 is 6.18 Å². The van der Waals surface area contributed by atoms with E-state index in [9.17, 15) is 27.5 Å². The Bertz CT molecular complexity index is 748. The van der Waals surface area contributed by atoms with Crippen LogP contribution >= 0.6 is 0 Å². The fourth-order valence-electron chi connectivity index (χ4n) is 2.50. The first-order valence-corrected chi connectivity index (χ1v) is 10.4. The van der Waals surface area contributed by atoms with E-state index >= 15 is 0 Å². The highest BCUT2D eigenvalue weighted by atomic mass is 19.4. The molecule has 1 unspecified atom stereocenters. The van der Waals surface area contributed by atoms with Gasteiger partial charge in [-0.15, -0.1) is 0 Å². The van der Waals surface area contributed by atoms with E-state index < -0.39 is 30.1 Å². The van der Waals surface area contributed by atoms with Crippen molar-refractivity contribution in [2.75, 3.05) is 13.7 Å². The van der Waals surface area contributed by atoms with Crippen LogP contribution in [0.2, 0.25) is 0 Å². The zero-order valence-corrected chi connectivity index (χ0v) is 18.3. The number of carbonyl (C=O) groups is 1. The van der Waals surface area contributed by atoms with Gasteiger partial charge in [-0.05, 0) is 50.0 Å². The Labute approximate surface area is 180 Å². The van der Waals surface area contributed by atoms with Crippen LogP contribution in [-0.2, 0) is 0 Å². The number of amides is 1. The highest BCUT2D eigenvalue weighted by molar-refractivity contribution is 5.95. The van der Waals surface area contributed by atoms with Crippen LogP contribution in [0.3, 0.4) is 0 Å². The standard InChI is InChI=1S/C20H25F4NO4.C2H6/c1-3-4-5-6-17(21)19(27,20(22,23)24)12-25-18(26)13-7-10-15(16(11-13)28-2)29-14-8-9-14;1-2/h6-7,10-11,14,27H,3-5,8-9,12H2,1-2H3,(H,25,26);1-2H3/b17-6-;. The number of halogens is 4. The Hall–Kier alpha value is -2.29. The van der Waals surface area contributed by atoms with Crippen LogP contribution in [0.5, 0.6) is 11.5 Å². The molecule has 1 saturated carbocycles. The molecule has 1 aliphatic rings. The molecule has 31 heavy (non-hydrogen) atoms. The second-order valence-electron chi connectivity index (χ2n) is 6.92. The first-order valence-electron chi connectivity index (χ1n) is 10.4. The zero-order valence-electron chi connectivity index (χ0n) is 18.3. The summed E-state index contributed by atoms with van der Waals surface area (Å²) in [5.41, 5.74) is -3.81. The topological polar surface area (TPSA) is 67.8 Å². The molecule has 2 rings (SSSR count). The number of methoxy groups -OCH3 is 1. The molecule has 9 heteroatoms. The third kappa shape index (κ3) is 7.41. The molecule has 1 fully saturated rings. The second-order valence-corrected chi connectivity index (χ2v) is 6.92. The van der Waals surface area contributed by atoms with Gasteiger partial charge in [-0.2, -0.15) is 13.2 Å². The first-order chi connectivity index (χ1) is 14.6. The Kier molecular flexibility index (Phi) is 10.3. The van der Waals surface area contributed by atoms with E-state index in [-0.39, 0.29) is 23.8 Å². The van der Waals surface area contributed by atoms with Gasteiger partial charge in [0.05, 0.1) is 19.8 Å². The summed E-state index contributed by atoms with van der Waals surface area (Å²) in [4.78, 5) is 12.3. The van der Waals surface area contributed by atoms with Crippen molar-refractivity contribution in [1.29, 1.82) is 0 Å². The summed E-state index contributed by atoms with van der Waals surface area (Å²) in [6.45, 7) is 4.45. The molecule has 1 atom stereocenters. The number of benzene rings is 1. The number of carbonyl (C=O) groups excluding carboxylic acids is 1. The molecule has 0 spiro atoms. The van der Waals surface area contributed by atoms with E-state index in [1.54, 1.807) is 6.92 Å². The predicted octanol–water partition coefficient (Wildman–Crippen LogP) is 5.33. The average Bonchev–Trinajstić information content (AvgIpc) is 3.56. The fourth-order valence-corrected chi connectivity index (χ4v) is 2.50. The van der Waals surface area contributed by atoms with Crippen LogP contribution in [0.15, 0.2) is 30.1 Å². The number of hydrogen-bond acceptors (Lipinski definition) is 4. The maximum Gasteiger partial charge on any atom is 0.425 e. The van der Waals surface area contributed by atoms with Gasteiger partial charge in [0.2, 0.25) is 5.60 Å². The SMILES string of the molecule is CC.CCCC/C=C(\F)C(O)(CNC(=O)c1ccc(OC2CC2)c(OC)c1)C(F)(F)F. The highest BCUT2D eigenvalue weighted by Crippen LogP contribution is 2.37. The summed E-state index contributed by atoms with van der Waals surface area (Å²) in [5, 5.41) is 11.9. The van der Waals surface area contributed by atoms with Crippen molar-refractivity contribution in [3.8, 4) is 11.5 Å². The lowest BCUT2D eigenvalue weighted by molar-refractivity contribution is -0.247. The molecule has 0 aliphatic heterocycles. The van der Waals surface area contributed by atoms with E-state index in [0.717, 1.165) is 12.8 Å². The van der Waals surface area contributed by atoms with Gasteiger partial charge in [0.25, 0.3) is 5.91 Å². The predicted molar refractivity (Wildman–Crippen MR) is 110 cm³/mol. The number of nitrogens with one attached hydrogen (secondary N) is 1. The third-order valence-electron chi connectivity index (χ3n) is 4.49. The van der Waals surface area contributed by atoms with E-state index in [1.165, 1.54) is 25.3 Å². The molecule has 1 amide bonds. The summed E-state index contributed by atoms with van der Waals surface area (Å²) < 4.78 is 64.8. The van der Waals surface area contributed by atoms with Crippen LogP contribution in [0, 0.1) is 0 Å². The molecule has 2 N–H and O–H groups in total. The van der Waals surface area contributed by atoms with Crippen LogP contribution in [-0.4, -0.2) is 42.5 Å². The normalized spacial score (nSPS) is 16.0. The van der Waals surface area contributed by atoms with Crippen LogP contribution in [0.25, 0.3) is 0 Å². The van der Waals surface area contributed by atoms with Crippen LogP contribution in [0.1, 0.15) is 63.2 Å². The van der Waals surface area contributed by atoms with Crippen molar-refractivity contribution in [2.45, 2.75) is 70.8 Å². The Morgan fingerprint density at radius 1 is 1.26 bits per heavy atom. The lowest BCUT2D eigenvalue weighted by atomic mass is 9.99. The summed E-state index contributed by atoms with van der Waals surface area (Å²) in [6.07, 6.45) is -1.49. The molecule has 176 valence electrons. The van der Waals surface area contributed by atoms with Gasteiger partial charge in [-0.1, -0.05) is 27.2 Å². The Balaban J connectivity index is 0.00000233. The first kappa shape index (κ1) is 26.7. The smallest absolute Gasteiger partial charge is 0.425 e. The molecule has 0 radical (unpaired) electrons. The number of hydrogen-bond donors (Lipinski definition) is 2. The fraction of sp³-hybridized carbons (Fsp3) is 0.591. The summed E-state index contributed by atoms with van der Waals surface area (Å²) >= 11 is 0. The average molecular weight is 449 g/mol. The molecule has 0 aromatic heterocycles. The highest BCUT2D eigenvalue weighted by Gasteiger charge is 2.57. The molecule has 1 aromatic rings. The van der Waals surface area contributed by atoms with E-state index in [1.807, 2.05) is 19.2 Å². The molecule has 0 bridgehead atoms. The molecule has 1 aliphatic carbocycles. The van der Waals surface area contributed by atoms with Gasteiger partial charge < -0.3 is 19.9 Å². The number of alkyl halides is 3. The summed E-state index contributed by atoms with van der Waals surface area (Å²) in [7, 11) is 1.37. The third-order valence-corrected chi connectivity index (χ3v) is 4.49. The number of ether oxygens (including phenoxy) is 2. The summed E-state index contributed by atoms with van der Waals surface area (Å²) in [5.74, 6) is -1.97. The van der Waals surface area contributed by atoms with Crippen LogP contribution in [0.4, 0.5) is 17.6 Å². The lowest BCUT2D eigenvalue weighted by Gasteiger charge is -2.29. The molecular formula is C22H31F4NO4. The van der Waals surface area contributed by atoms with Gasteiger partial charge in [-0.25, -0.2) is 4.39 Å². The molecule has 5 nitrogen and oxygen atoms in total. The second kappa shape index (κ2) is 11.9. The van der Waals surface area contributed by atoms with Gasteiger partial charge in [0, 0.05) is 5.56 Å². The van der Waals surface area contributed by atoms with Crippen molar-refractivity contribution in [3.05, 3.63) is 35.7 Å². The van der Waals surface area contributed by atoms with E-state index in [2.05, 4.69) is 0 Å². The minimum atomic E-state index is -5.30. The lowest BCUT2D eigenvalue weighted by Crippen LogP contribution is -2.54. The minimum absolute atomic E-state index is 0.00936. The Morgan fingerprint density at radius 2 is 1.90 bits per heavy atom. The minimum Gasteiger partial charge on any atom is -0.493 e. The quantitative estimate of drug-likeness (QED) is 0.374. The van der Waals surface area contributed by atoms with Gasteiger partial charge in [0.1, 0.15) is 5.83 Å². The van der Waals surface area contributed by atoms with Crippen molar-refractivity contribution in [2.24, 2.45) is 0 Å². The molecule has 0 heterocycles. The van der Waals surface area contributed by atoms with Crippen molar-refractivity contribution >= 4 is 5.91 Å². The number of allylic oxidation sites excluding steroid dienone is 1. The maximum absolute atomic E-state index is 14.1. The van der Waals surface area contributed by atoms with E-state index in [0.29, 0.717) is 24.7 Å². The number of aliphatic hydroxyl groups is 1. The zero-order chi connectivity index (χ0) is 23.7.